The Hall–Kier alpha value is -0.840. The van der Waals surface area contributed by atoms with Crippen molar-refractivity contribution >= 4 is 11.6 Å². The molecular formula is C9H10ClNO3. The van der Waals surface area contributed by atoms with Crippen LogP contribution in [0.15, 0.2) is 12.3 Å². The van der Waals surface area contributed by atoms with Gasteiger partial charge >= 0.3 is 0 Å². The molecule has 4 nitrogen and oxygen atoms in total. The number of aromatic nitrogens is 1. The minimum Gasteiger partial charge on any atom is -0.468 e. The molecule has 14 heavy (non-hydrogen) atoms. The van der Waals surface area contributed by atoms with Crippen molar-refractivity contribution in [2.75, 3.05) is 13.2 Å². The first-order chi connectivity index (χ1) is 6.79. The van der Waals surface area contributed by atoms with E-state index in [-0.39, 0.29) is 12.7 Å². The van der Waals surface area contributed by atoms with Crippen LogP contribution in [0.5, 0.6) is 5.88 Å². The SMILES string of the molecule is OCc1cnc(OC2COC2)c(Cl)c1. The monoisotopic (exact) mass is 215 g/mol. The smallest absolute Gasteiger partial charge is 0.233 e. The summed E-state index contributed by atoms with van der Waals surface area (Å²) in [5.41, 5.74) is 0.673. The van der Waals surface area contributed by atoms with Crippen LogP contribution < -0.4 is 4.74 Å². The highest BCUT2D eigenvalue weighted by Crippen LogP contribution is 2.24. The Bertz CT molecular complexity index is 328. The molecule has 0 aliphatic carbocycles. The Balaban J connectivity index is 2.09. The molecule has 76 valence electrons. The van der Waals surface area contributed by atoms with E-state index >= 15 is 0 Å². The van der Waals surface area contributed by atoms with E-state index in [2.05, 4.69) is 4.98 Å². The second kappa shape index (κ2) is 4.13. The molecule has 1 aliphatic rings. The van der Waals surface area contributed by atoms with E-state index in [0.717, 1.165) is 0 Å². The van der Waals surface area contributed by atoms with E-state index in [1.54, 1.807) is 12.3 Å². The van der Waals surface area contributed by atoms with Gasteiger partial charge in [0.05, 0.1) is 19.8 Å². The Labute approximate surface area is 86.4 Å². The highest BCUT2D eigenvalue weighted by atomic mass is 35.5. The van der Waals surface area contributed by atoms with Gasteiger partial charge in [0.15, 0.2) is 0 Å². The Morgan fingerprint density at radius 3 is 2.93 bits per heavy atom. The van der Waals surface area contributed by atoms with Gasteiger partial charge in [0.2, 0.25) is 5.88 Å². The third-order valence-corrected chi connectivity index (χ3v) is 2.20. The molecule has 1 aromatic heterocycles. The van der Waals surface area contributed by atoms with Crippen LogP contribution in [0, 0.1) is 0 Å². The van der Waals surface area contributed by atoms with Crippen LogP contribution in [0.2, 0.25) is 5.02 Å². The number of hydrogen-bond donors (Lipinski definition) is 1. The Morgan fingerprint density at radius 1 is 1.64 bits per heavy atom. The van der Waals surface area contributed by atoms with Crippen LogP contribution in [0.4, 0.5) is 0 Å². The average molecular weight is 216 g/mol. The summed E-state index contributed by atoms with van der Waals surface area (Å²) >= 11 is 5.89. The summed E-state index contributed by atoms with van der Waals surface area (Å²) in [6, 6.07) is 1.64. The molecule has 1 saturated heterocycles. The first-order valence-corrected chi connectivity index (χ1v) is 4.67. The lowest BCUT2D eigenvalue weighted by Crippen LogP contribution is -2.38. The molecule has 1 N–H and O–H groups in total. The second-order valence-electron chi connectivity index (χ2n) is 3.07. The van der Waals surface area contributed by atoms with Gasteiger partial charge in [-0.15, -0.1) is 0 Å². The van der Waals surface area contributed by atoms with E-state index < -0.39 is 0 Å². The third-order valence-electron chi connectivity index (χ3n) is 1.93. The van der Waals surface area contributed by atoms with Crippen LogP contribution in [0.3, 0.4) is 0 Å². The van der Waals surface area contributed by atoms with Gasteiger partial charge in [-0.2, -0.15) is 0 Å². The first kappa shape index (κ1) is 9.71. The number of pyridine rings is 1. The second-order valence-corrected chi connectivity index (χ2v) is 3.47. The predicted octanol–water partition coefficient (Wildman–Crippen LogP) is 1.00. The molecule has 0 unspecified atom stereocenters. The molecule has 1 aromatic rings. The van der Waals surface area contributed by atoms with Crippen molar-refractivity contribution < 1.29 is 14.6 Å². The summed E-state index contributed by atoms with van der Waals surface area (Å²) in [5, 5.41) is 9.25. The van der Waals surface area contributed by atoms with Crippen LogP contribution in [-0.4, -0.2) is 29.4 Å². The maximum atomic E-state index is 8.83. The average Bonchev–Trinajstić information content (AvgIpc) is 2.13. The fraction of sp³-hybridized carbons (Fsp3) is 0.444. The van der Waals surface area contributed by atoms with E-state index in [4.69, 9.17) is 26.2 Å². The molecule has 5 heteroatoms. The molecule has 0 atom stereocenters. The van der Waals surface area contributed by atoms with Crippen molar-refractivity contribution in [1.82, 2.24) is 4.98 Å². The van der Waals surface area contributed by atoms with Gasteiger partial charge in [0.25, 0.3) is 0 Å². The van der Waals surface area contributed by atoms with Gasteiger partial charge in [0.1, 0.15) is 11.1 Å². The van der Waals surface area contributed by atoms with Crippen molar-refractivity contribution in [2.45, 2.75) is 12.7 Å². The van der Waals surface area contributed by atoms with Crippen molar-refractivity contribution in [3.63, 3.8) is 0 Å². The Morgan fingerprint density at radius 2 is 2.43 bits per heavy atom. The lowest BCUT2D eigenvalue weighted by Gasteiger charge is -2.26. The molecule has 2 heterocycles. The summed E-state index contributed by atoms with van der Waals surface area (Å²) in [4.78, 5) is 4.00. The van der Waals surface area contributed by atoms with Gasteiger partial charge in [0, 0.05) is 6.20 Å². The fourth-order valence-corrected chi connectivity index (χ4v) is 1.31. The maximum absolute atomic E-state index is 8.83. The largest absolute Gasteiger partial charge is 0.468 e. The zero-order chi connectivity index (χ0) is 9.97. The first-order valence-electron chi connectivity index (χ1n) is 4.29. The third kappa shape index (κ3) is 1.97. The zero-order valence-corrected chi connectivity index (χ0v) is 8.20. The minimum absolute atomic E-state index is 0.0555. The van der Waals surface area contributed by atoms with Gasteiger partial charge in [-0.05, 0) is 11.6 Å². The van der Waals surface area contributed by atoms with Crippen LogP contribution >= 0.6 is 11.6 Å². The van der Waals surface area contributed by atoms with E-state index in [0.29, 0.717) is 29.7 Å². The number of aliphatic hydroxyl groups is 1. The number of rotatable bonds is 3. The molecule has 0 radical (unpaired) electrons. The topological polar surface area (TPSA) is 51.6 Å². The molecule has 1 fully saturated rings. The lowest BCUT2D eigenvalue weighted by atomic mass is 10.3. The lowest BCUT2D eigenvalue weighted by molar-refractivity contribution is -0.0813. The van der Waals surface area contributed by atoms with Crippen LogP contribution in [0.1, 0.15) is 5.56 Å². The molecule has 2 rings (SSSR count). The van der Waals surface area contributed by atoms with Gasteiger partial charge in [-0.25, -0.2) is 4.98 Å². The number of aliphatic hydroxyl groups excluding tert-OH is 1. The molecule has 0 saturated carbocycles. The molecule has 0 bridgehead atoms. The summed E-state index contributed by atoms with van der Waals surface area (Å²) in [5.74, 6) is 0.400. The van der Waals surface area contributed by atoms with Gasteiger partial charge in [-0.3, -0.25) is 0 Å². The highest BCUT2D eigenvalue weighted by molar-refractivity contribution is 6.31. The molecular weight excluding hydrogens is 206 g/mol. The summed E-state index contributed by atoms with van der Waals surface area (Å²) in [7, 11) is 0. The number of ether oxygens (including phenoxy) is 2. The molecule has 0 amide bonds. The molecule has 0 spiro atoms. The summed E-state index contributed by atoms with van der Waals surface area (Å²) in [6.07, 6.45) is 1.60. The number of halogens is 1. The summed E-state index contributed by atoms with van der Waals surface area (Å²) < 4.78 is 10.4. The van der Waals surface area contributed by atoms with Gasteiger partial charge in [-0.1, -0.05) is 11.6 Å². The van der Waals surface area contributed by atoms with Crippen LogP contribution in [0.25, 0.3) is 0 Å². The van der Waals surface area contributed by atoms with E-state index in [1.807, 2.05) is 0 Å². The van der Waals surface area contributed by atoms with Crippen molar-refractivity contribution in [3.05, 3.63) is 22.8 Å². The minimum atomic E-state index is -0.0699. The van der Waals surface area contributed by atoms with Gasteiger partial charge < -0.3 is 14.6 Å². The number of hydrogen-bond acceptors (Lipinski definition) is 4. The van der Waals surface area contributed by atoms with E-state index in [9.17, 15) is 0 Å². The number of nitrogens with zero attached hydrogens (tertiary/aromatic N) is 1. The normalized spacial score (nSPS) is 16.4. The van der Waals surface area contributed by atoms with E-state index in [1.165, 1.54) is 0 Å². The van der Waals surface area contributed by atoms with Crippen molar-refractivity contribution in [2.24, 2.45) is 0 Å². The predicted molar refractivity (Wildman–Crippen MR) is 50.4 cm³/mol. The molecule has 1 aliphatic heterocycles. The summed E-state index contributed by atoms with van der Waals surface area (Å²) in [6.45, 7) is 1.10. The quantitative estimate of drug-likeness (QED) is 0.818. The standard InChI is InChI=1S/C9H10ClNO3/c10-8-1-6(3-12)2-11-9(8)14-7-4-13-5-7/h1-2,7,12H,3-5H2. The van der Waals surface area contributed by atoms with Crippen LogP contribution in [-0.2, 0) is 11.3 Å². The highest BCUT2D eigenvalue weighted by Gasteiger charge is 2.21. The fourth-order valence-electron chi connectivity index (χ4n) is 1.08. The zero-order valence-electron chi connectivity index (χ0n) is 7.44. The van der Waals surface area contributed by atoms with Crippen molar-refractivity contribution in [3.8, 4) is 5.88 Å². The Kier molecular flexibility index (Phi) is 2.86. The molecule has 0 aromatic carbocycles. The maximum Gasteiger partial charge on any atom is 0.233 e. The van der Waals surface area contributed by atoms with Crippen molar-refractivity contribution in [1.29, 1.82) is 0 Å².